The van der Waals surface area contributed by atoms with Gasteiger partial charge in [0.25, 0.3) is 11.8 Å². The van der Waals surface area contributed by atoms with Gasteiger partial charge in [-0.1, -0.05) is 169 Å². The normalized spacial score (nSPS) is 14.2. The molecular formula is C57H52N4O2. The highest BCUT2D eigenvalue weighted by atomic mass is 16.2. The molecule has 0 saturated heterocycles. The molecule has 9 rings (SSSR count). The molecule has 0 atom stereocenters. The Bertz CT molecular complexity index is 2730. The second-order valence-corrected chi connectivity index (χ2v) is 18.3. The predicted molar refractivity (Wildman–Crippen MR) is 258 cm³/mol. The summed E-state index contributed by atoms with van der Waals surface area (Å²) in [5.41, 5.74) is 8.46. The average Bonchev–Trinajstić information content (AvgIpc) is 3.79. The number of carbonyl (C=O) groups is 2. The van der Waals surface area contributed by atoms with E-state index in [0.717, 1.165) is 50.8 Å². The van der Waals surface area contributed by atoms with Crippen LogP contribution in [0.1, 0.15) is 58.2 Å². The summed E-state index contributed by atoms with van der Waals surface area (Å²) < 4.78 is 0. The third-order valence-electron chi connectivity index (χ3n) is 12.4. The van der Waals surface area contributed by atoms with Crippen LogP contribution in [0.5, 0.6) is 0 Å². The van der Waals surface area contributed by atoms with E-state index >= 15 is 4.79 Å². The minimum atomic E-state index is -0.919. The lowest BCUT2D eigenvalue weighted by molar-refractivity contribution is -0.141. The molecule has 0 bridgehead atoms. The van der Waals surface area contributed by atoms with E-state index in [1.165, 1.54) is 0 Å². The van der Waals surface area contributed by atoms with Crippen LogP contribution in [-0.2, 0) is 15.1 Å². The molecule has 6 heteroatoms. The Balaban J connectivity index is 1.24. The molecule has 2 heterocycles. The molecule has 0 radical (unpaired) electrons. The molecule has 0 aromatic heterocycles. The lowest BCUT2D eigenvalue weighted by Crippen LogP contribution is -2.62. The summed E-state index contributed by atoms with van der Waals surface area (Å²) >= 11 is 0. The first-order chi connectivity index (χ1) is 30.4. The number of rotatable bonds is 10. The van der Waals surface area contributed by atoms with Crippen LogP contribution in [0, 0.1) is 10.8 Å². The van der Waals surface area contributed by atoms with Gasteiger partial charge in [-0.05, 0) is 100 Å². The van der Waals surface area contributed by atoms with Crippen molar-refractivity contribution in [2.45, 2.75) is 47.1 Å². The van der Waals surface area contributed by atoms with Gasteiger partial charge in [-0.15, -0.1) is 0 Å². The number of benzene rings is 7. The van der Waals surface area contributed by atoms with Crippen LogP contribution in [0.3, 0.4) is 0 Å². The van der Waals surface area contributed by atoms with E-state index in [9.17, 15) is 4.79 Å². The van der Waals surface area contributed by atoms with E-state index in [1.807, 2.05) is 108 Å². The van der Waals surface area contributed by atoms with Crippen molar-refractivity contribution in [3.8, 4) is 0 Å². The molecule has 312 valence electrons. The Morgan fingerprint density at radius 3 is 1.10 bits per heavy atom. The molecule has 2 amide bonds. The predicted octanol–water partition coefficient (Wildman–Crippen LogP) is 13.7. The maximum Gasteiger partial charge on any atom is 0.262 e. The van der Waals surface area contributed by atoms with Crippen molar-refractivity contribution in [2.24, 2.45) is 10.8 Å². The van der Waals surface area contributed by atoms with Crippen LogP contribution in [0.2, 0.25) is 0 Å². The maximum absolute atomic E-state index is 15.9. The number of nitrogens with zero attached hydrogens (tertiary/aromatic N) is 3. The Morgan fingerprint density at radius 2 is 0.730 bits per heavy atom. The molecule has 1 N–H and O–H groups in total. The highest BCUT2D eigenvalue weighted by Gasteiger charge is 2.62. The van der Waals surface area contributed by atoms with Gasteiger partial charge in [-0.2, -0.15) is 0 Å². The molecule has 2 aliphatic heterocycles. The molecule has 0 aliphatic carbocycles. The molecule has 7 aromatic carbocycles. The van der Waals surface area contributed by atoms with Crippen LogP contribution >= 0.6 is 0 Å². The van der Waals surface area contributed by atoms with Crippen molar-refractivity contribution < 1.29 is 9.59 Å². The zero-order valence-electron chi connectivity index (χ0n) is 36.7. The van der Waals surface area contributed by atoms with Crippen molar-refractivity contribution in [2.75, 3.05) is 9.80 Å². The van der Waals surface area contributed by atoms with Crippen LogP contribution in [-0.4, -0.2) is 16.7 Å². The molecule has 6 nitrogen and oxygen atoms in total. The van der Waals surface area contributed by atoms with Gasteiger partial charge < -0.3 is 15.1 Å². The van der Waals surface area contributed by atoms with Crippen LogP contribution in [0.25, 0.3) is 11.4 Å². The van der Waals surface area contributed by atoms with Crippen LogP contribution < -0.4 is 15.1 Å². The summed E-state index contributed by atoms with van der Waals surface area (Å²) in [6, 6.07) is 67.8. The van der Waals surface area contributed by atoms with Gasteiger partial charge in [0.1, 0.15) is 0 Å². The monoisotopic (exact) mass is 824 g/mol. The smallest absolute Gasteiger partial charge is 0.262 e. The zero-order chi connectivity index (χ0) is 43.9. The molecular weight excluding hydrogens is 773 g/mol. The van der Waals surface area contributed by atoms with Gasteiger partial charge >= 0.3 is 0 Å². The molecule has 0 spiro atoms. The standard InChI is InChI=1S/C57H52N4O2/c1-55(2,3)57(56(4,5)6,42-22-12-7-13-23-42)61-52(41-34-38-48(39-35-41)60(45-28-18-10-19-29-45)46-30-20-11-21-31-46)50-49(54(61)63)51(58-53(50)62)40-32-36-47(37-33-40)59(43-24-14-8-15-25-43)44-26-16-9-17-27-44/h7-39H,1-6H3,(H,58,62). The summed E-state index contributed by atoms with van der Waals surface area (Å²) in [7, 11) is 0. The molecule has 0 unspecified atom stereocenters. The van der Waals surface area contributed by atoms with Gasteiger partial charge in [-0.25, -0.2) is 0 Å². The van der Waals surface area contributed by atoms with Crippen LogP contribution in [0.15, 0.2) is 211 Å². The lowest BCUT2D eigenvalue weighted by atomic mass is 9.55. The fourth-order valence-corrected chi connectivity index (χ4v) is 10.3. The second-order valence-electron chi connectivity index (χ2n) is 18.3. The van der Waals surface area contributed by atoms with Crippen molar-refractivity contribution in [3.63, 3.8) is 0 Å². The van der Waals surface area contributed by atoms with Gasteiger partial charge in [0.15, 0.2) is 0 Å². The summed E-state index contributed by atoms with van der Waals surface area (Å²) in [5, 5.41) is 3.19. The minimum absolute atomic E-state index is 0.208. The fraction of sp³-hybridized carbons (Fsp3) is 0.158. The van der Waals surface area contributed by atoms with Gasteiger partial charge in [0, 0.05) is 34.1 Å². The van der Waals surface area contributed by atoms with E-state index in [-0.39, 0.29) is 11.8 Å². The number of nitrogens with one attached hydrogen (secondary N) is 1. The Kier molecular flexibility index (Phi) is 10.5. The maximum atomic E-state index is 15.9. The third-order valence-corrected chi connectivity index (χ3v) is 12.4. The first-order valence-corrected chi connectivity index (χ1v) is 21.6. The number of fused-ring (bicyclic) bond motifs is 1. The largest absolute Gasteiger partial charge is 0.321 e. The number of carbonyl (C=O) groups excluding carboxylic acids is 2. The summed E-state index contributed by atoms with van der Waals surface area (Å²) in [6.45, 7) is 13.2. The summed E-state index contributed by atoms with van der Waals surface area (Å²) in [5.74, 6) is -0.505. The molecule has 0 saturated carbocycles. The van der Waals surface area contributed by atoms with E-state index in [1.54, 1.807) is 0 Å². The minimum Gasteiger partial charge on any atom is -0.321 e. The molecule has 2 aliphatic rings. The van der Waals surface area contributed by atoms with E-state index in [4.69, 9.17) is 0 Å². The van der Waals surface area contributed by atoms with E-state index in [2.05, 4.69) is 154 Å². The molecule has 7 aromatic rings. The number of anilines is 6. The summed E-state index contributed by atoms with van der Waals surface area (Å²) in [6.07, 6.45) is 0. The van der Waals surface area contributed by atoms with E-state index < -0.39 is 16.4 Å². The topological polar surface area (TPSA) is 55.9 Å². The Hall–Kier alpha value is -7.44. The third kappa shape index (κ3) is 7.02. The van der Waals surface area contributed by atoms with Crippen LogP contribution in [0.4, 0.5) is 34.1 Å². The van der Waals surface area contributed by atoms with Crippen molar-refractivity contribution >= 4 is 57.3 Å². The zero-order valence-corrected chi connectivity index (χ0v) is 36.7. The number of amides is 2. The van der Waals surface area contributed by atoms with Crippen molar-refractivity contribution in [1.29, 1.82) is 0 Å². The van der Waals surface area contributed by atoms with Gasteiger partial charge in [0.2, 0.25) is 0 Å². The number of hydrogen-bond acceptors (Lipinski definition) is 4. The first-order valence-electron chi connectivity index (χ1n) is 21.6. The fourth-order valence-electron chi connectivity index (χ4n) is 10.3. The first kappa shape index (κ1) is 40.9. The van der Waals surface area contributed by atoms with Crippen molar-refractivity contribution in [3.05, 3.63) is 228 Å². The van der Waals surface area contributed by atoms with Gasteiger partial charge in [-0.3, -0.25) is 14.5 Å². The SMILES string of the molecule is CC(C)(C)C(c1ccccc1)(N1C(=O)C2=C(c3ccc(N(c4ccccc4)c4ccccc4)cc3)NC(=O)C2=C1c1ccc(N(c2ccccc2)c2ccccc2)cc1)C(C)(C)C. The number of hydrogen-bond donors (Lipinski definition) is 1. The highest BCUT2D eigenvalue weighted by Crippen LogP contribution is 2.61. The van der Waals surface area contributed by atoms with E-state index in [0.29, 0.717) is 22.5 Å². The molecule has 63 heavy (non-hydrogen) atoms. The lowest BCUT2D eigenvalue weighted by Gasteiger charge is -2.59. The molecule has 0 fully saturated rings. The average molecular weight is 825 g/mol. The number of para-hydroxylation sites is 4. The second kappa shape index (κ2) is 16.1. The van der Waals surface area contributed by atoms with Crippen molar-refractivity contribution in [1.82, 2.24) is 10.2 Å². The Labute approximate surface area is 371 Å². The Morgan fingerprint density at radius 1 is 0.397 bits per heavy atom. The highest BCUT2D eigenvalue weighted by molar-refractivity contribution is 6.30. The summed E-state index contributed by atoms with van der Waals surface area (Å²) in [4.78, 5) is 37.1. The quantitative estimate of drug-likeness (QED) is 0.149. The van der Waals surface area contributed by atoms with Gasteiger partial charge in [0.05, 0.1) is 28.1 Å².